The molecule has 1 aromatic heterocycles. The molecule has 88 valence electrons. The van der Waals surface area contributed by atoms with Crippen LogP contribution < -0.4 is 5.32 Å². The Kier molecular flexibility index (Phi) is 3.91. The fraction of sp³-hybridized carbons (Fsp3) is 0. The Labute approximate surface area is 120 Å². The highest BCUT2D eigenvalue weighted by Crippen LogP contribution is 2.25. The van der Waals surface area contributed by atoms with E-state index in [1.165, 1.54) is 0 Å². The summed E-state index contributed by atoms with van der Waals surface area (Å²) in [6, 6.07) is 6.91. The number of hydrogen-bond donors (Lipinski definition) is 2. The van der Waals surface area contributed by atoms with Crippen LogP contribution in [0.5, 0.6) is 0 Å². The van der Waals surface area contributed by atoms with Crippen molar-refractivity contribution >= 4 is 55.1 Å². The molecule has 6 heteroatoms. The molecule has 0 atom stereocenters. The Bertz CT molecular complexity index is 568. The number of halogens is 3. The molecule has 0 spiro atoms. The number of aromatic amines is 1. The first kappa shape index (κ1) is 12.7. The van der Waals surface area contributed by atoms with Crippen molar-refractivity contribution in [2.24, 2.45) is 0 Å². The van der Waals surface area contributed by atoms with Crippen LogP contribution in [-0.2, 0) is 0 Å². The number of aromatic nitrogens is 1. The molecule has 0 unspecified atom stereocenters. The van der Waals surface area contributed by atoms with E-state index in [-0.39, 0.29) is 5.91 Å². The minimum Gasteiger partial charge on any atom is -0.356 e. The zero-order chi connectivity index (χ0) is 12.4. The summed E-state index contributed by atoms with van der Waals surface area (Å²) < 4.78 is 1.57. The van der Waals surface area contributed by atoms with E-state index < -0.39 is 0 Å². The van der Waals surface area contributed by atoms with Crippen molar-refractivity contribution in [1.29, 1.82) is 0 Å². The lowest BCUT2D eigenvalue weighted by Gasteiger charge is -2.05. The number of carbonyl (C=O) groups excluding carboxylic acids is 1. The van der Waals surface area contributed by atoms with Gasteiger partial charge in [-0.05, 0) is 56.1 Å². The third kappa shape index (κ3) is 3.12. The summed E-state index contributed by atoms with van der Waals surface area (Å²) in [6.07, 6.45) is 1.70. The molecule has 3 nitrogen and oxygen atoms in total. The van der Waals surface area contributed by atoms with Gasteiger partial charge in [-0.2, -0.15) is 0 Å². The van der Waals surface area contributed by atoms with Gasteiger partial charge < -0.3 is 10.3 Å². The van der Waals surface area contributed by atoms with Crippen LogP contribution in [0, 0.1) is 0 Å². The van der Waals surface area contributed by atoms with Crippen molar-refractivity contribution in [3.05, 3.63) is 50.1 Å². The van der Waals surface area contributed by atoms with E-state index in [1.54, 1.807) is 30.5 Å². The lowest BCUT2D eigenvalue weighted by Crippen LogP contribution is -2.12. The van der Waals surface area contributed by atoms with Gasteiger partial charge in [-0.1, -0.05) is 11.6 Å². The highest BCUT2D eigenvalue weighted by Gasteiger charge is 2.08. The highest BCUT2D eigenvalue weighted by atomic mass is 79.9. The van der Waals surface area contributed by atoms with Crippen LogP contribution in [0.25, 0.3) is 0 Å². The molecule has 0 aliphatic carbocycles. The molecule has 0 saturated heterocycles. The van der Waals surface area contributed by atoms with Crippen molar-refractivity contribution in [1.82, 2.24) is 4.98 Å². The average molecular weight is 378 g/mol. The predicted molar refractivity (Wildman–Crippen MR) is 75.6 cm³/mol. The van der Waals surface area contributed by atoms with Crippen LogP contribution in [0.4, 0.5) is 5.69 Å². The molecule has 0 saturated carbocycles. The van der Waals surface area contributed by atoms with Gasteiger partial charge in [-0.25, -0.2) is 0 Å². The number of H-pyrrole nitrogens is 1. The predicted octanol–water partition coefficient (Wildman–Crippen LogP) is 4.45. The Morgan fingerprint density at radius 3 is 2.65 bits per heavy atom. The van der Waals surface area contributed by atoms with Crippen molar-refractivity contribution in [3.63, 3.8) is 0 Å². The largest absolute Gasteiger partial charge is 0.356 e. The molecule has 0 aliphatic rings. The smallest absolute Gasteiger partial charge is 0.272 e. The van der Waals surface area contributed by atoms with E-state index >= 15 is 0 Å². The lowest BCUT2D eigenvalue weighted by atomic mass is 10.3. The Balaban J connectivity index is 2.15. The van der Waals surface area contributed by atoms with E-state index in [0.717, 1.165) is 8.95 Å². The van der Waals surface area contributed by atoms with Gasteiger partial charge in [0.05, 0.1) is 5.02 Å². The topological polar surface area (TPSA) is 44.9 Å². The summed E-state index contributed by atoms with van der Waals surface area (Å²) in [5.74, 6) is -0.204. The number of amides is 1. The van der Waals surface area contributed by atoms with Gasteiger partial charge in [0.25, 0.3) is 5.91 Å². The van der Waals surface area contributed by atoms with E-state index in [4.69, 9.17) is 11.6 Å². The van der Waals surface area contributed by atoms with Crippen LogP contribution in [0.15, 0.2) is 39.4 Å². The zero-order valence-electron chi connectivity index (χ0n) is 8.43. The van der Waals surface area contributed by atoms with Crippen LogP contribution >= 0.6 is 43.5 Å². The minimum atomic E-state index is -0.204. The SMILES string of the molecule is O=C(Nc1ccc(Cl)c(Br)c1)c1cc(Br)c[nH]1. The van der Waals surface area contributed by atoms with Gasteiger partial charge >= 0.3 is 0 Å². The lowest BCUT2D eigenvalue weighted by molar-refractivity contribution is 0.102. The first-order valence-electron chi connectivity index (χ1n) is 4.66. The summed E-state index contributed by atoms with van der Waals surface area (Å²) in [7, 11) is 0. The first-order chi connectivity index (χ1) is 8.06. The maximum Gasteiger partial charge on any atom is 0.272 e. The monoisotopic (exact) mass is 376 g/mol. The van der Waals surface area contributed by atoms with Crippen molar-refractivity contribution in [2.75, 3.05) is 5.32 Å². The number of benzene rings is 1. The molecular weight excluding hydrogens is 371 g/mol. The average Bonchev–Trinajstić information content (AvgIpc) is 2.70. The molecule has 0 fully saturated rings. The summed E-state index contributed by atoms with van der Waals surface area (Å²) in [5.41, 5.74) is 1.17. The summed E-state index contributed by atoms with van der Waals surface area (Å²) in [6.45, 7) is 0. The van der Waals surface area contributed by atoms with Gasteiger partial charge in [0, 0.05) is 20.8 Å². The van der Waals surface area contributed by atoms with Gasteiger partial charge in [-0.3, -0.25) is 4.79 Å². The molecule has 2 rings (SSSR count). The van der Waals surface area contributed by atoms with Gasteiger partial charge in [0.15, 0.2) is 0 Å². The minimum absolute atomic E-state index is 0.204. The fourth-order valence-electron chi connectivity index (χ4n) is 1.27. The van der Waals surface area contributed by atoms with Crippen LogP contribution in [0.2, 0.25) is 5.02 Å². The van der Waals surface area contributed by atoms with E-state index in [0.29, 0.717) is 16.4 Å². The number of anilines is 1. The highest BCUT2D eigenvalue weighted by molar-refractivity contribution is 9.10. The van der Waals surface area contributed by atoms with Crippen molar-refractivity contribution < 1.29 is 4.79 Å². The van der Waals surface area contributed by atoms with Crippen LogP contribution in [-0.4, -0.2) is 10.9 Å². The molecule has 2 aromatic rings. The quantitative estimate of drug-likeness (QED) is 0.797. The molecule has 17 heavy (non-hydrogen) atoms. The Morgan fingerprint density at radius 1 is 1.29 bits per heavy atom. The standard InChI is InChI=1S/C11H7Br2ClN2O/c12-6-3-10(15-5-6)11(17)16-7-1-2-9(14)8(13)4-7/h1-5,15H,(H,16,17). The summed E-state index contributed by atoms with van der Waals surface area (Å²) >= 11 is 12.4. The molecule has 1 aromatic carbocycles. The molecule has 1 amide bonds. The molecule has 0 radical (unpaired) electrons. The number of rotatable bonds is 2. The van der Waals surface area contributed by atoms with E-state index in [2.05, 4.69) is 42.2 Å². The Morgan fingerprint density at radius 2 is 2.06 bits per heavy atom. The van der Waals surface area contributed by atoms with Gasteiger partial charge in [0.1, 0.15) is 5.69 Å². The first-order valence-corrected chi connectivity index (χ1v) is 6.63. The van der Waals surface area contributed by atoms with Crippen molar-refractivity contribution in [3.8, 4) is 0 Å². The second kappa shape index (κ2) is 5.25. The molecular formula is C11H7Br2ClN2O. The number of nitrogens with one attached hydrogen (secondary N) is 2. The summed E-state index contributed by atoms with van der Waals surface area (Å²) in [4.78, 5) is 14.7. The molecule has 0 bridgehead atoms. The second-order valence-electron chi connectivity index (χ2n) is 3.31. The number of hydrogen-bond acceptors (Lipinski definition) is 1. The molecule has 2 N–H and O–H groups in total. The maximum atomic E-state index is 11.8. The third-order valence-corrected chi connectivity index (χ3v) is 3.74. The fourth-order valence-corrected chi connectivity index (χ4v) is 2.11. The van der Waals surface area contributed by atoms with Gasteiger partial charge in [0.2, 0.25) is 0 Å². The second-order valence-corrected chi connectivity index (χ2v) is 5.49. The van der Waals surface area contributed by atoms with E-state index in [1.807, 2.05) is 0 Å². The van der Waals surface area contributed by atoms with E-state index in [9.17, 15) is 4.79 Å². The molecule has 0 aliphatic heterocycles. The summed E-state index contributed by atoms with van der Waals surface area (Å²) in [5, 5.41) is 3.36. The Hall–Kier alpha value is -0.780. The zero-order valence-corrected chi connectivity index (χ0v) is 12.4. The normalized spacial score (nSPS) is 10.3. The third-order valence-electron chi connectivity index (χ3n) is 2.07. The van der Waals surface area contributed by atoms with Crippen molar-refractivity contribution in [2.45, 2.75) is 0 Å². The maximum absolute atomic E-state index is 11.8. The van der Waals surface area contributed by atoms with Crippen LogP contribution in [0.3, 0.4) is 0 Å². The van der Waals surface area contributed by atoms with Gasteiger partial charge in [-0.15, -0.1) is 0 Å². The number of carbonyl (C=O) groups is 1. The molecule has 1 heterocycles. The van der Waals surface area contributed by atoms with Crippen LogP contribution in [0.1, 0.15) is 10.5 Å².